The fourth-order valence-electron chi connectivity index (χ4n) is 2.54. The summed E-state index contributed by atoms with van der Waals surface area (Å²) < 4.78 is 7.40. The van der Waals surface area contributed by atoms with Crippen molar-refractivity contribution in [2.24, 2.45) is 0 Å². The second-order valence-electron chi connectivity index (χ2n) is 5.84. The molecule has 26 heavy (non-hydrogen) atoms. The van der Waals surface area contributed by atoms with Gasteiger partial charge in [0.2, 0.25) is 0 Å². The Morgan fingerprint density at radius 2 is 2.04 bits per heavy atom. The first-order valence-electron chi connectivity index (χ1n) is 7.93. The minimum Gasteiger partial charge on any atom is -0.479 e. The average Bonchev–Trinajstić information content (AvgIpc) is 2.98. The van der Waals surface area contributed by atoms with E-state index >= 15 is 0 Å². The summed E-state index contributed by atoms with van der Waals surface area (Å²) in [5.41, 5.74) is 1.80. The van der Waals surface area contributed by atoms with Crippen molar-refractivity contribution in [1.82, 2.24) is 24.9 Å². The summed E-state index contributed by atoms with van der Waals surface area (Å²) in [5.74, 6) is 1.19. The monoisotopic (exact) mass is 393 g/mol. The maximum Gasteiger partial charge on any atom is 0.261 e. The zero-order valence-electron chi connectivity index (χ0n) is 14.5. The van der Waals surface area contributed by atoms with Crippen LogP contribution >= 0.6 is 23.2 Å². The highest BCUT2D eigenvalue weighted by atomic mass is 35.5. The van der Waals surface area contributed by atoms with Crippen LogP contribution in [-0.4, -0.2) is 31.6 Å². The van der Waals surface area contributed by atoms with Crippen LogP contribution in [0.4, 0.5) is 0 Å². The number of halogens is 2. The molecule has 0 saturated heterocycles. The number of carbonyl (C=O) groups is 1. The number of fused-ring (bicyclic) bond motifs is 1. The van der Waals surface area contributed by atoms with Gasteiger partial charge in [0.05, 0.1) is 11.6 Å². The second kappa shape index (κ2) is 7.47. The molecule has 0 spiro atoms. The van der Waals surface area contributed by atoms with E-state index in [0.29, 0.717) is 27.4 Å². The van der Waals surface area contributed by atoms with Crippen LogP contribution < -0.4 is 10.1 Å². The number of carbonyl (C=O) groups excluding carboxylic acids is 1. The van der Waals surface area contributed by atoms with Gasteiger partial charge in [-0.25, -0.2) is 4.98 Å². The van der Waals surface area contributed by atoms with Crippen molar-refractivity contribution >= 4 is 34.9 Å². The number of amides is 1. The van der Waals surface area contributed by atoms with Crippen molar-refractivity contribution in [3.8, 4) is 5.75 Å². The Hall–Kier alpha value is -2.38. The summed E-state index contributed by atoms with van der Waals surface area (Å²) in [4.78, 5) is 16.6. The summed E-state index contributed by atoms with van der Waals surface area (Å²) in [6, 6.07) is 6.75. The SMILES string of the molecule is Cc1cc(C)n2c(CNC(=O)[C@@H](C)Oc3ccc(Cl)cc3Cl)nnc2n1. The number of aryl methyl sites for hydroxylation is 2. The van der Waals surface area contributed by atoms with E-state index < -0.39 is 6.10 Å². The zero-order chi connectivity index (χ0) is 18.8. The first-order valence-corrected chi connectivity index (χ1v) is 8.68. The minimum atomic E-state index is -0.741. The zero-order valence-corrected chi connectivity index (χ0v) is 16.0. The fraction of sp³-hybridized carbons (Fsp3) is 0.294. The highest BCUT2D eigenvalue weighted by Gasteiger charge is 2.18. The lowest BCUT2D eigenvalue weighted by molar-refractivity contribution is -0.127. The van der Waals surface area contributed by atoms with Crippen LogP contribution in [-0.2, 0) is 11.3 Å². The maximum atomic E-state index is 12.3. The van der Waals surface area contributed by atoms with Gasteiger partial charge in [-0.1, -0.05) is 23.2 Å². The molecule has 1 amide bonds. The molecule has 2 aromatic heterocycles. The maximum absolute atomic E-state index is 12.3. The minimum absolute atomic E-state index is 0.202. The lowest BCUT2D eigenvalue weighted by atomic mass is 10.3. The molecular weight excluding hydrogens is 377 g/mol. The van der Waals surface area contributed by atoms with Crippen molar-refractivity contribution in [3.05, 3.63) is 51.5 Å². The van der Waals surface area contributed by atoms with Gasteiger partial charge in [0, 0.05) is 16.4 Å². The molecule has 3 aromatic rings. The second-order valence-corrected chi connectivity index (χ2v) is 6.69. The number of nitrogens with one attached hydrogen (secondary N) is 1. The van der Waals surface area contributed by atoms with Crippen molar-refractivity contribution in [3.63, 3.8) is 0 Å². The van der Waals surface area contributed by atoms with Crippen LogP contribution in [0.2, 0.25) is 10.0 Å². The van der Waals surface area contributed by atoms with E-state index in [-0.39, 0.29) is 12.5 Å². The largest absolute Gasteiger partial charge is 0.479 e. The Bertz CT molecular complexity index is 973. The van der Waals surface area contributed by atoms with Gasteiger partial charge in [-0.15, -0.1) is 10.2 Å². The summed E-state index contributed by atoms with van der Waals surface area (Å²) in [6.45, 7) is 5.67. The third kappa shape index (κ3) is 3.89. The van der Waals surface area contributed by atoms with Crippen LogP contribution in [0.25, 0.3) is 5.78 Å². The molecule has 1 N–H and O–H groups in total. The standard InChI is InChI=1S/C17H17Cl2N5O2/c1-9-6-10(2)24-15(22-23-17(24)21-9)8-20-16(25)11(3)26-14-5-4-12(18)7-13(14)19/h4-7,11H,8H2,1-3H3,(H,20,25)/t11-/m1/s1. The first kappa shape index (κ1) is 18.4. The Morgan fingerprint density at radius 1 is 1.27 bits per heavy atom. The molecule has 0 bridgehead atoms. The van der Waals surface area contributed by atoms with Crippen LogP contribution in [0.5, 0.6) is 5.75 Å². The first-order chi connectivity index (χ1) is 12.3. The predicted molar refractivity (Wildman–Crippen MR) is 98.7 cm³/mol. The fourth-order valence-corrected chi connectivity index (χ4v) is 2.99. The number of benzene rings is 1. The van der Waals surface area contributed by atoms with Gasteiger partial charge in [-0.05, 0) is 45.0 Å². The van der Waals surface area contributed by atoms with Crippen molar-refractivity contribution in [1.29, 1.82) is 0 Å². The van der Waals surface area contributed by atoms with E-state index in [1.165, 1.54) is 0 Å². The molecule has 0 unspecified atom stereocenters. The number of nitrogens with zero attached hydrogens (tertiary/aromatic N) is 4. The lowest BCUT2D eigenvalue weighted by Gasteiger charge is -2.15. The third-order valence-electron chi connectivity index (χ3n) is 3.75. The van der Waals surface area contributed by atoms with E-state index in [1.807, 2.05) is 19.9 Å². The van der Waals surface area contributed by atoms with Gasteiger partial charge in [0.15, 0.2) is 11.9 Å². The molecule has 7 nitrogen and oxygen atoms in total. The Labute approximate surface area is 160 Å². The average molecular weight is 394 g/mol. The third-order valence-corrected chi connectivity index (χ3v) is 4.28. The smallest absolute Gasteiger partial charge is 0.261 e. The van der Waals surface area contributed by atoms with Gasteiger partial charge < -0.3 is 10.1 Å². The van der Waals surface area contributed by atoms with E-state index in [9.17, 15) is 4.79 Å². The molecule has 2 heterocycles. The van der Waals surface area contributed by atoms with E-state index in [4.69, 9.17) is 27.9 Å². The molecule has 0 aliphatic rings. The van der Waals surface area contributed by atoms with Crippen LogP contribution in [0.15, 0.2) is 24.3 Å². The van der Waals surface area contributed by atoms with Gasteiger partial charge in [-0.2, -0.15) is 0 Å². The number of ether oxygens (including phenoxy) is 1. The molecule has 0 aliphatic heterocycles. The molecule has 3 rings (SSSR count). The highest BCUT2D eigenvalue weighted by molar-refractivity contribution is 6.35. The highest BCUT2D eigenvalue weighted by Crippen LogP contribution is 2.28. The molecule has 1 atom stereocenters. The molecule has 0 fully saturated rings. The van der Waals surface area contributed by atoms with Gasteiger partial charge in [0.1, 0.15) is 5.75 Å². The van der Waals surface area contributed by atoms with Gasteiger partial charge >= 0.3 is 0 Å². The molecule has 136 valence electrons. The summed E-state index contributed by atoms with van der Waals surface area (Å²) in [7, 11) is 0. The molecule has 1 aromatic carbocycles. The van der Waals surface area contributed by atoms with Crippen molar-refractivity contribution in [2.75, 3.05) is 0 Å². The van der Waals surface area contributed by atoms with Gasteiger partial charge in [0.25, 0.3) is 11.7 Å². The van der Waals surface area contributed by atoms with Crippen molar-refractivity contribution < 1.29 is 9.53 Å². The van der Waals surface area contributed by atoms with Crippen LogP contribution in [0.3, 0.4) is 0 Å². The molecule has 9 heteroatoms. The number of aromatic nitrogens is 4. The Balaban J connectivity index is 1.67. The Morgan fingerprint density at radius 3 is 2.77 bits per heavy atom. The molecule has 0 saturated carbocycles. The predicted octanol–water partition coefficient (Wildman–Crippen LogP) is 3.13. The summed E-state index contributed by atoms with van der Waals surface area (Å²) >= 11 is 11.9. The molecule has 0 aliphatic carbocycles. The van der Waals surface area contributed by atoms with E-state index in [0.717, 1.165) is 11.4 Å². The van der Waals surface area contributed by atoms with Gasteiger partial charge in [-0.3, -0.25) is 9.20 Å². The molecular formula is C17H17Cl2N5O2. The van der Waals surface area contributed by atoms with Crippen LogP contribution in [0.1, 0.15) is 24.1 Å². The Kier molecular flexibility index (Phi) is 5.29. The number of rotatable bonds is 5. The van der Waals surface area contributed by atoms with E-state index in [1.54, 1.807) is 29.5 Å². The van der Waals surface area contributed by atoms with E-state index in [2.05, 4.69) is 20.5 Å². The summed E-state index contributed by atoms with van der Waals surface area (Å²) in [6.07, 6.45) is -0.741. The summed E-state index contributed by atoms with van der Waals surface area (Å²) in [5, 5.41) is 11.8. The lowest BCUT2D eigenvalue weighted by Crippen LogP contribution is -2.36. The number of hydrogen-bond donors (Lipinski definition) is 1. The number of hydrogen-bond acceptors (Lipinski definition) is 5. The molecule has 0 radical (unpaired) electrons. The normalized spacial score (nSPS) is 12.2. The van der Waals surface area contributed by atoms with Crippen molar-refractivity contribution in [2.45, 2.75) is 33.4 Å². The van der Waals surface area contributed by atoms with Crippen LogP contribution in [0, 0.1) is 13.8 Å². The quantitative estimate of drug-likeness (QED) is 0.719. The topological polar surface area (TPSA) is 81.4 Å².